The first-order valence-corrected chi connectivity index (χ1v) is 7.40. The lowest BCUT2D eigenvalue weighted by Gasteiger charge is -2.32. The normalized spacial score (nSPS) is 16.4. The van der Waals surface area contributed by atoms with Crippen molar-refractivity contribution in [3.8, 4) is 5.75 Å². The van der Waals surface area contributed by atoms with E-state index in [1.165, 1.54) is 12.1 Å². The molecule has 0 spiro atoms. The maximum absolute atomic E-state index is 12.6. The third-order valence-electron chi connectivity index (χ3n) is 3.59. The van der Waals surface area contributed by atoms with Gasteiger partial charge in [0, 0.05) is 32.2 Å². The summed E-state index contributed by atoms with van der Waals surface area (Å²) in [6.45, 7) is 6.51. The molecule has 1 aromatic carbocycles. The molecule has 1 aliphatic heterocycles. The van der Waals surface area contributed by atoms with Gasteiger partial charge in [-0.05, 0) is 12.0 Å². The Hall–Kier alpha value is -2.15. The molecule has 1 amide bonds. The number of carbonyl (C=O) groups is 1. The third kappa shape index (κ3) is 3.73. The minimum absolute atomic E-state index is 0.0813. The standard InChI is InChI=1S/C15H21N3O4/c1-11(2)14(15(19)17-9-7-16-8-10-17)22-13-6-4-3-5-12(13)18(20)21/h3-6,11,14,16H,7-10H2,1-2H3. The highest BCUT2D eigenvalue weighted by molar-refractivity contribution is 5.81. The maximum Gasteiger partial charge on any atom is 0.310 e. The Kier molecular flexibility index (Phi) is 5.32. The molecule has 0 saturated carbocycles. The molecule has 7 nitrogen and oxygen atoms in total. The maximum atomic E-state index is 12.6. The fourth-order valence-electron chi connectivity index (χ4n) is 2.38. The number of benzene rings is 1. The molecule has 22 heavy (non-hydrogen) atoms. The van der Waals surface area contributed by atoms with Crippen LogP contribution in [0.4, 0.5) is 5.69 Å². The van der Waals surface area contributed by atoms with Crippen LogP contribution < -0.4 is 10.1 Å². The van der Waals surface area contributed by atoms with Crippen LogP contribution in [0.2, 0.25) is 0 Å². The van der Waals surface area contributed by atoms with E-state index in [4.69, 9.17) is 4.74 Å². The van der Waals surface area contributed by atoms with Crippen LogP contribution >= 0.6 is 0 Å². The molecule has 0 bridgehead atoms. The van der Waals surface area contributed by atoms with E-state index in [0.717, 1.165) is 13.1 Å². The molecule has 0 radical (unpaired) electrons. The molecule has 1 N–H and O–H groups in total. The lowest BCUT2D eigenvalue weighted by molar-refractivity contribution is -0.386. The molecule has 1 unspecified atom stereocenters. The van der Waals surface area contributed by atoms with Gasteiger partial charge in [0.2, 0.25) is 0 Å². The number of para-hydroxylation sites is 2. The second-order valence-electron chi connectivity index (χ2n) is 5.58. The van der Waals surface area contributed by atoms with Crippen LogP contribution in [0.25, 0.3) is 0 Å². The summed E-state index contributed by atoms with van der Waals surface area (Å²) in [7, 11) is 0. The SMILES string of the molecule is CC(C)C(Oc1ccccc1[N+](=O)[O-])C(=O)N1CCNCC1. The first-order valence-electron chi connectivity index (χ1n) is 7.40. The summed E-state index contributed by atoms with van der Waals surface area (Å²) in [5.41, 5.74) is -0.124. The minimum atomic E-state index is -0.723. The fraction of sp³-hybridized carbons (Fsp3) is 0.533. The Balaban J connectivity index is 2.18. The number of nitrogens with zero attached hydrogens (tertiary/aromatic N) is 2. The van der Waals surface area contributed by atoms with Crippen LogP contribution in [-0.2, 0) is 4.79 Å². The molecule has 1 aromatic rings. The molecule has 1 atom stereocenters. The number of piperazine rings is 1. The van der Waals surface area contributed by atoms with Gasteiger partial charge >= 0.3 is 5.69 Å². The van der Waals surface area contributed by atoms with Crippen molar-refractivity contribution in [2.24, 2.45) is 5.92 Å². The Labute approximate surface area is 129 Å². The van der Waals surface area contributed by atoms with Crippen LogP contribution in [0.1, 0.15) is 13.8 Å². The van der Waals surface area contributed by atoms with E-state index in [-0.39, 0.29) is 23.3 Å². The predicted molar refractivity (Wildman–Crippen MR) is 81.8 cm³/mol. The first-order chi connectivity index (χ1) is 10.5. The Bertz CT molecular complexity index is 541. The average Bonchev–Trinajstić information content (AvgIpc) is 2.52. The highest BCUT2D eigenvalue weighted by Crippen LogP contribution is 2.28. The zero-order valence-corrected chi connectivity index (χ0v) is 12.8. The van der Waals surface area contributed by atoms with Gasteiger partial charge in [0.05, 0.1) is 4.92 Å². The lowest BCUT2D eigenvalue weighted by atomic mass is 10.1. The van der Waals surface area contributed by atoms with Gasteiger partial charge in [-0.15, -0.1) is 0 Å². The van der Waals surface area contributed by atoms with Gasteiger partial charge in [-0.25, -0.2) is 0 Å². The molecule has 1 fully saturated rings. The molecule has 2 rings (SSSR count). The largest absolute Gasteiger partial charge is 0.473 e. The topological polar surface area (TPSA) is 84.7 Å². The number of nitro benzene ring substituents is 1. The molecule has 0 aromatic heterocycles. The number of ether oxygens (including phenoxy) is 1. The number of rotatable bonds is 5. The van der Waals surface area contributed by atoms with Gasteiger partial charge in [0.15, 0.2) is 11.9 Å². The van der Waals surface area contributed by atoms with Crippen molar-refractivity contribution in [2.75, 3.05) is 26.2 Å². The summed E-state index contributed by atoms with van der Waals surface area (Å²) in [5, 5.41) is 14.3. The summed E-state index contributed by atoms with van der Waals surface area (Å²) in [5.74, 6) is -0.0634. The van der Waals surface area contributed by atoms with Crippen molar-refractivity contribution in [2.45, 2.75) is 20.0 Å². The van der Waals surface area contributed by atoms with Crippen LogP contribution in [0.3, 0.4) is 0 Å². The Morgan fingerprint density at radius 3 is 2.55 bits per heavy atom. The highest BCUT2D eigenvalue weighted by Gasteiger charge is 2.31. The van der Waals surface area contributed by atoms with Crippen molar-refractivity contribution in [3.05, 3.63) is 34.4 Å². The monoisotopic (exact) mass is 307 g/mol. The molecule has 0 aliphatic carbocycles. The second kappa shape index (κ2) is 7.22. The number of carbonyl (C=O) groups excluding carboxylic acids is 1. The van der Waals surface area contributed by atoms with E-state index in [1.54, 1.807) is 17.0 Å². The van der Waals surface area contributed by atoms with E-state index in [2.05, 4.69) is 5.32 Å². The predicted octanol–water partition coefficient (Wildman–Crippen LogP) is 1.43. The van der Waals surface area contributed by atoms with E-state index in [1.807, 2.05) is 13.8 Å². The van der Waals surface area contributed by atoms with E-state index < -0.39 is 11.0 Å². The minimum Gasteiger partial charge on any atom is -0.473 e. The molecule has 1 aliphatic rings. The highest BCUT2D eigenvalue weighted by atomic mass is 16.6. The summed E-state index contributed by atoms with van der Waals surface area (Å²) in [6.07, 6.45) is -0.723. The van der Waals surface area contributed by atoms with E-state index in [0.29, 0.717) is 13.1 Å². The van der Waals surface area contributed by atoms with Gasteiger partial charge in [0.25, 0.3) is 5.91 Å². The van der Waals surface area contributed by atoms with Gasteiger partial charge in [-0.2, -0.15) is 0 Å². The van der Waals surface area contributed by atoms with Crippen molar-refractivity contribution in [1.29, 1.82) is 0 Å². The lowest BCUT2D eigenvalue weighted by Crippen LogP contribution is -2.52. The Morgan fingerprint density at radius 2 is 1.95 bits per heavy atom. The molecule has 7 heteroatoms. The second-order valence-corrected chi connectivity index (χ2v) is 5.58. The smallest absolute Gasteiger partial charge is 0.310 e. The van der Waals surface area contributed by atoms with E-state index in [9.17, 15) is 14.9 Å². The van der Waals surface area contributed by atoms with Crippen LogP contribution in [-0.4, -0.2) is 48.0 Å². The van der Waals surface area contributed by atoms with Crippen LogP contribution in [0.5, 0.6) is 5.75 Å². The summed E-state index contributed by atoms with van der Waals surface area (Å²) in [6, 6.07) is 6.14. The van der Waals surface area contributed by atoms with Crippen molar-refractivity contribution < 1.29 is 14.5 Å². The quantitative estimate of drug-likeness (QED) is 0.657. The van der Waals surface area contributed by atoms with E-state index >= 15 is 0 Å². The van der Waals surface area contributed by atoms with Gasteiger partial charge < -0.3 is 15.0 Å². The van der Waals surface area contributed by atoms with Gasteiger partial charge in [-0.3, -0.25) is 14.9 Å². The molecular formula is C15H21N3O4. The Morgan fingerprint density at radius 1 is 1.32 bits per heavy atom. The number of nitro groups is 1. The summed E-state index contributed by atoms with van der Waals surface area (Å²) < 4.78 is 5.73. The van der Waals surface area contributed by atoms with Crippen molar-refractivity contribution in [3.63, 3.8) is 0 Å². The molecule has 1 saturated heterocycles. The number of hydrogen-bond acceptors (Lipinski definition) is 5. The van der Waals surface area contributed by atoms with Crippen LogP contribution in [0.15, 0.2) is 24.3 Å². The molecule has 120 valence electrons. The molecule has 1 heterocycles. The van der Waals surface area contributed by atoms with Gasteiger partial charge in [-0.1, -0.05) is 26.0 Å². The third-order valence-corrected chi connectivity index (χ3v) is 3.59. The first kappa shape index (κ1) is 16.2. The zero-order chi connectivity index (χ0) is 16.1. The van der Waals surface area contributed by atoms with Crippen molar-refractivity contribution >= 4 is 11.6 Å². The average molecular weight is 307 g/mol. The van der Waals surface area contributed by atoms with Gasteiger partial charge in [0.1, 0.15) is 0 Å². The zero-order valence-electron chi connectivity index (χ0n) is 12.8. The van der Waals surface area contributed by atoms with Crippen LogP contribution in [0, 0.1) is 16.0 Å². The summed E-state index contributed by atoms with van der Waals surface area (Å²) in [4.78, 5) is 24.9. The number of nitrogens with one attached hydrogen (secondary N) is 1. The number of amides is 1. The summed E-state index contributed by atoms with van der Waals surface area (Å²) >= 11 is 0. The molecular weight excluding hydrogens is 286 g/mol. The fourth-order valence-corrected chi connectivity index (χ4v) is 2.38. The van der Waals surface area contributed by atoms with Crippen molar-refractivity contribution in [1.82, 2.24) is 10.2 Å². The number of hydrogen-bond donors (Lipinski definition) is 1.